The number of carbonyl (C=O) groups is 5. The lowest BCUT2D eigenvalue weighted by molar-refractivity contribution is -0.144. The van der Waals surface area contributed by atoms with Crippen LogP contribution in [0.2, 0.25) is 0 Å². The van der Waals surface area contributed by atoms with Crippen molar-refractivity contribution in [2.45, 2.75) is 76.5 Å². The summed E-state index contributed by atoms with van der Waals surface area (Å²) in [6.45, 7) is 3.86. The predicted octanol–water partition coefficient (Wildman–Crippen LogP) is -0.373. The van der Waals surface area contributed by atoms with Crippen LogP contribution in [0, 0.1) is 5.92 Å². The van der Waals surface area contributed by atoms with E-state index in [4.69, 9.17) is 17.2 Å². The minimum Gasteiger partial charge on any atom is -0.480 e. The summed E-state index contributed by atoms with van der Waals surface area (Å²) >= 11 is 0. The third kappa shape index (κ3) is 9.35. The molecular weight excluding hydrogens is 518 g/mol. The van der Waals surface area contributed by atoms with Crippen LogP contribution in [0.1, 0.15) is 51.5 Å². The topological polar surface area (TPSA) is 236 Å². The Morgan fingerprint density at radius 2 is 1.62 bits per heavy atom. The number of hydrogen-bond acceptors (Lipinski definition) is 7. The van der Waals surface area contributed by atoms with E-state index in [2.05, 4.69) is 20.9 Å². The van der Waals surface area contributed by atoms with Crippen molar-refractivity contribution in [1.82, 2.24) is 20.9 Å². The zero-order valence-electron chi connectivity index (χ0n) is 22.9. The standard InChI is InChI=1S/C27H41N7O6/c1-3-15(2)23(27(39)40)34-25(37)20(10-6-7-11-28)32-26(38)21(13-22(30)35)33-24(36)18(29)12-16-14-31-19-9-5-4-8-17(16)19/h4-5,8-9,14-15,18,20-21,23,31H,3,6-7,10-13,28-29H2,1-2H3,(H2,30,35)(H,32,38)(H,33,36)(H,34,37)(H,39,40). The molecule has 0 aliphatic rings. The van der Waals surface area contributed by atoms with Crippen molar-refractivity contribution < 1.29 is 29.1 Å². The van der Waals surface area contributed by atoms with Gasteiger partial charge in [0.05, 0.1) is 12.5 Å². The summed E-state index contributed by atoms with van der Waals surface area (Å²) in [5, 5.41) is 18.0. The van der Waals surface area contributed by atoms with Gasteiger partial charge in [0, 0.05) is 17.1 Å². The maximum absolute atomic E-state index is 13.2. The highest BCUT2D eigenvalue weighted by molar-refractivity contribution is 5.96. The lowest BCUT2D eigenvalue weighted by atomic mass is 9.98. The van der Waals surface area contributed by atoms with Gasteiger partial charge in [0.2, 0.25) is 23.6 Å². The Labute approximate surface area is 233 Å². The SMILES string of the molecule is CCC(C)C(NC(=O)C(CCCCN)NC(=O)C(CC(N)=O)NC(=O)C(N)Cc1c[nH]c2ccccc12)C(=O)O. The molecule has 13 heteroatoms. The summed E-state index contributed by atoms with van der Waals surface area (Å²) in [6.07, 6.45) is 3.09. The second-order valence-electron chi connectivity index (χ2n) is 9.96. The fourth-order valence-electron chi connectivity index (χ4n) is 4.29. The summed E-state index contributed by atoms with van der Waals surface area (Å²) in [6, 6.07) is 2.79. The van der Waals surface area contributed by atoms with Crippen LogP contribution < -0.4 is 33.2 Å². The molecule has 0 fully saturated rings. The number of fused-ring (bicyclic) bond motifs is 1. The molecule has 2 rings (SSSR count). The quantitative estimate of drug-likeness (QED) is 0.119. The van der Waals surface area contributed by atoms with E-state index in [0.717, 1.165) is 16.5 Å². The Bertz CT molecular complexity index is 1180. The number of benzene rings is 1. The van der Waals surface area contributed by atoms with Crippen molar-refractivity contribution in [2.75, 3.05) is 6.54 Å². The number of aromatic amines is 1. The second kappa shape index (κ2) is 15.6. The molecule has 0 radical (unpaired) electrons. The molecule has 2 aromatic rings. The largest absolute Gasteiger partial charge is 0.480 e. The Kier molecular flexibility index (Phi) is 12.6. The summed E-state index contributed by atoms with van der Waals surface area (Å²) in [5.74, 6) is -4.61. The molecule has 40 heavy (non-hydrogen) atoms. The number of rotatable bonds is 17. The van der Waals surface area contributed by atoms with Crippen molar-refractivity contribution in [2.24, 2.45) is 23.1 Å². The number of nitrogens with one attached hydrogen (secondary N) is 4. The van der Waals surface area contributed by atoms with Crippen LogP contribution in [0.15, 0.2) is 30.5 Å². The van der Waals surface area contributed by atoms with E-state index >= 15 is 0 Å². The van der Waals surface area contributed by atoms with E-state index in [9.17, 15) is 29.1 Å². The lowest BCUT2D eigenvalue weighted by Crippen LogP contribution is -2.58. The third-order valence-corrected chi connectivity index (χ3v) is 6.85. The molecule has 5 unspecified atom stereocenters. The van der Waals surface area contributed by atoms with Crippen LogP contribution in [-0.4, -0.2) is 70.4 Å². The molecule has 1 aromatic carbocycles. The van der Waals surface area contributed by atoms with Crippen molar-refractivity contribution in [3.63, 3.8) is 0 Å². The average molecular weight is 560 g/mol. The number of hydrogen-bond donors (Lipinski definition) is 8. The van der Waals surface area contributed by atoms with Gasteiger partial charge in [0.15, 0.2) is 0 Å². The highest BCUT2D eigenvalue weighted by atomic mass is 16.4. The highest BCUT2D eigenvalue weighted by Crippen LogP contribution is 2.19. The summed E-state index contributed by atoms with van der Waals surface area (Å²) in [4.78, 5) is 65.7. The molecular formula is C27H41N7O6. The van der Waals surface area contributed by atoms with Gasteiger partial charge in [-0.2, -0.15) is 0 Å². The van der Waals surface area contributed by atoms with E-state index in [1.165, 1.54) is 0 Å². The zero-order valence-corrected chi connectivity index (χ0v) is 22.9. The van der Waals surface area contributed by atoms with Crippen molar-refractivity contribution >= 4 is 40.5 Å². The van der Waals surface area contributed by atoms with Crippen LogP contribution >= 0.6 is 0 Å². The van der Waals surface area contributed by atoms with E-state index in [-0.39, 0.29) is 18.8 Å². The van der Waals surface area contributed by atoms with Crippen LogP contribution in [0.3, 0.4) is 0 Å². The molecule has 0 saturated heterocycles. The van der Waals surface area contributed by atoms with Crippen LogP contribution in [0.5, 0.6) is 0 Å². The average Bonchev–Trinajstić information content (AvgIpc) is 3.32. The first kappa shape index (κ1) is 32.2. The minimum atomic E-state index is -1.39. The van der Waals surface area contributed by atoms with Gasteiger partial charge in [-0.05, 0) is 49.8 Å². The van der Waals surface area contributed by atoms with Gasteiger partial charge >= 0.3 is 5.97 Å². The van der Waals surface area contributed by atoms with Crippen LogP contribution in [0.4, 0.5) is 0 Å². The number of para-hydroxylation sites is 1. The normalized spacial score (nSPS) is 14.9. The van der Waals surface area contributed by atoms with Crippen molar-refractivity contribution in [1.29, 1.82) is 0 Å². The molecule has 4 amide bonds. The first-order chi connectivity index (χ1) is 19.0. The number of carboxylic acid groups (broad SMARTS) is 1. The Balaban J connectivity index is 2.15. The van der Waals surface area contributed by atoms with Gasteiger partial charge < -0.3 is 43.2 Å². The maximum atomic E-state index is 13.2. The molecule has 0 spiro atoms. The first-order valence-electron chi connectivity index (χ1n) is 13.4. The molecule has 11 N–H and O–H groups in total. The summed E-state index contributed by atoms with van der Waals surface area (Å²) in [7, 11) is 0. The lowest BCUT2D eigenvalue weighted by Gasteiger charge is -2.26. The fraction of sp³-hybridized carbons (Fsp3) is 0.519. The van der Waals surface area contributed by atoms with E-state index in [0.29, 0.717) is 25.8 Å². The van der Waals surface area contributed by atoms with Gasteiger partial charge in [-0.15, -0.1) is 0 Å². The first-order valence-corrected chi connectivity index (χ1v) is 13.4. The van der Waals surface area contributed by atoms with Gasteiger partial charge in [-0.25, -0.2) is 4.79 Å². The van der Waals surface area contributed by atoms with Crippen LogP contribution in [-0.2, 0) is 30.4 Å². The smallest absolute Gasteiger partial charge is 0.326 e. The summed E-state index contributed by atoms with van der Waals surface area (Å²) in [5.41, 5.74) is 18.7. The number of H-pyrrole nitrogens is 1. The monoisotopic (exact) mass is 559 g/mol. The molecule has 220 valence electrons. The Morgan fingerprint density at radius 1 is 0.975 bits per heavy atom. The molecule has 13 nitrogen and oxygen atoms in total. The van der Waals surface area contributed by atoms with E-state index < -0.39 is 60.2 Å². The second-order valence-corrected chi connectivity index (χ2v) is 9.96. The third-order valence-electron chi connectivity index (χ3n) is 6.85. The van der Waals surface area contributed by atoms with Crippen molar-refractivity contribution in [3.8, 4) is 0 Å². The van der Waals surface area contributed by atoms with Gasteiger partial charge in [0.25, 0.3) is 0 Å². The maximum Gasteiger partial charge on any atom is 0.326 e. The number of primary amides is 1. The predicted molar refractivity (Wildman–Crippen MR) is 150 cm³/mol. The highest BCUT2D eigenvalue weighted by Gasteiger charge is 2.32. The van der Waals surface area contributed by atoms with E-state index in [1.54, 1.807) is 20.0 Å². The molecule has 5 atom stereocenters. The summed E-state index contributed by atoms with van der Waals surface area (Å²) < 4.78 is 0. The van der Waals surface area contributed by atoms with Crippen LogP contribution in [0.25, 0.3) is 10.9 Å². The van der Waals surface area contributed by atoms with Gasteiger partial charge in [0.1, 0.15) is 18.1 Å². The molecule has 0 aliphatic heterocycles. The number of nitrogens with two attached hydrogens (primary N) is 3. The number of aliphatic carboxylic acids is 1. The number of carbonyl (C=O) groups excluding carboxylic acids is 4. The number of unbranched alkanes of at least 4 members (excludes halogenated alkanes) is 1. The Morgan fingerprint density at radius 3 is 2.25 bits per heavy atom. The number of carboxylic acids is 1. The molecule has 0 saturated carbocycles. The molecule has 0 aliphatic carbocycles. The zero-order chi connectivity index (χ0) is 29.8. The molecule has 1 heterocycles. The number of amides is 4. The van der Waals surface area contributed by atoms with Gasteiger partial charge in [-0.1, -0.05) is 38.5 Å². The Hall–Kier alpha value is -3.97. The minimum absolute atomic E-state index is 0.164. The van der Waals surface area contributed by atoms with Crippen molar-refractivity contribution in [3.05, 3.63) is 36.0 Å². The molecule has 0 bridgehead atoms. The van der Waals surface area contributed by atoms with Gasteiger partial charge in [-0.3, -0.25) is 19.2 Å². The number of aromatic nitrogens is 1. The fourth-order valence-corrected chi connectivity index (χ4v) is 4.29. The molecule has 1 aromatic heterocycles. The van der Waals surface area contributed by atoms with E-state index in [1.807, 2.05) is 24.3 Å².